The lowest BCUT2D eigenvalue weighted by Crippen LogP contribution is -2.36. The van der Waals surface area contributed by atoms with Gasteiger partial charge in [0.15, 0.2) is 0 Å². The Balaban J connectivity index is 1.80. The minimum atomic E-state index is 0.0624. The highest BCUT2D eigenvalue weighted by molar-refractivity contribution is 6.31. The summed E-state index contributed by atoms with van der Waals surface area (Å²) in [6, 6.07) is 12.1. The number of fused-ring (bicyclic) bond motifs is 1. The Kier molecular flexibility index (Phi) is 3.51. The van der Waals surface area contributed by atoms with Gasteiger partial charge in [-0.1, -0.05) is 35.9 Å². The molecule has 3 rings (SSSR count). The molecule has 19 heavy (non-hydrogen) atoms. The van der Waals surface area contributed by atoms with Crippen LogP contribution in [0.15, 0.2) is 42.6 Å². The van der Waals surface area contributed by atoms with E-state index >= 15 is 0 Å². The standard InChI is InChI=1S/C15H16ClN3/c16-13-6-3-7-18-15(13)10-19-8-11-4-1-2-5-12(11)14(17)9-19/h1-7,14H,8-10,17H2. The number of nitrogens with zero attached hydrogens (tertiary/aromatic N) is 2. The van der Waals surface area contributed by atoms with Crippen LogP contribution in [0.4, 0.5) is 0 Å². The molecule has 0 saturated carbocycles. The zero-order chi connectivity index (χ0) is 13.2. The third-order valence-corrected chi connectivity index (χ3v) is 3.86. The number of halogens is 1. The Morgan fingerprint density at radius 1 is 1.26 bits per heavy atom. The maximum Gasteiger partial charge on any atom is 0.0729 e. The van der Waals surface area contributed by atoms with Gasteiger partial charge in [-0.25, -0.2) is 0 Å². The van der Waals surface area contributed by atoms with Crippen LogP contribution in [0.25, 0.3) is 0 Å². The zero-order valence-electron chi connectivity index (χ0n) is 10.6. The van der Waals surface area contributed by atoms with Gasteiger partial charge < -0.3 is 5.73 Å². The highest BCUT2D eigenvalue weighted by Crippen LogP contribution is 2.26. The monoisotopic (exact) mass is 273 g/mol. The molecule has 0 fully saturated rings. The summed E-state index contributed by atoms with van der Waals surface area (Å²) in [6.45, 7) is 2.47. The molecule has 0 amide bonds. The average Bonchev–Trinajstić information content (AvgIpc) is 2.42. The van der Waals surface area contributed by atoms with Gasteiger partial charge in [0.2, 0.25) is 0 Å². The molecule has 0 bridgehead atoms. The molecule has 1 atom stereocenters. The fourth-order valence-electron chi connectivity index (χ4n) is 2.59. The van der Waals surface area contributed by atoms with Crippen molar-refractivity contribution in [2.24, 2.45) is 5.73 Å². The summed E-state index contributed by atoms with van der Waals surface area (Å²) < 4.78 is 0. The largest absolute Gasteiger partial charge is 0.323 e. The molecular formula is C15H16ClN3. The SMILES string of the molecule is NC1CN(Cc2ncccc2Cl)Cc2ccccc21. The Hall–Kier alpha value is -1.42. The zero-order valence-corrected chi connectivity index (χ0v) is 11.3. The lowest BCUT2D eigenvalue weighted by molar-refractivity contribution is 0.220. The van der Waals surface area contributed by atoms with Crippen molar-refractivity contribution in [1.82, 2.24) is 9.88 Å². The Morgan fingerprint density at radius 2 is 2.11 bits per heavy atom. The smallest absolute Gasteiger partial charge is 0.0729 e. The van der Waals surface area contributed by atoms with Crippen molar-refractivity contribution in [3.05, 3.63) is 64.4 Å². The molecule has 0 spiro atoms. The van der Waals surface area contributed by atoms with Crippen LogP contribution in [0.1, 0.15) is 22.9 Å². The third kappa shape index (κ3) is 2.63. The summed E-state index contributed by atoms with van der Waals surface area (Å²) in [5, 5.41) is 0.718. The second kappa shape index (κ2) is 5.29. The minimum Gasteiger partial charge on any atom is -0.323 e. The highest BCUT2D eigenvalue weighted by Gasteiger charge is 2.22. The van der Waals surface area contributed by atoms with Gasteiger partial charge in [-0.05, 0) is 23.3 Å². The van der Waals surface area contributed by atoms with Crippen molar-refractivity contribution in [3.8, 4) is 0 Å². The van der Waals surface area contributed by atoms with E-state index in [9.17, 15) is 0 Å². The maximum absolute atomic E-state index is 6.23. The topological polar surface area (TPSA) is 42.1 Å². The molecule has 98 valence electrons. The minimum absolute atomic E-state index is 0.0624. The van der Waals surface area contributed by atoms with E-state index in [0.717, 1.165) is 30.4 Å². The number of benzene rings is 1. The first kappa shape index (κ1) is 12.6. The first-order valence-corrected chi connectivity index (χ1v) is 6.77. The van der Waals surface area contributed by atoms with E-state index in [-0.39, 0.29) is 6.04 Å². The Labute approximate surface area is 118 Å². The molecule has 0 aliphatic carbocycles. The first-order chi connectivity index (χ1) is 9.24. The molecule has 0 saturated heterocycles. The normalized spacial score (nSPS) is 19.2. The van der Waals surface area contributed by atoms with Gasteiger partial charge in [0, 0.05) is 31.9 Å². The summed E-state index contributed by atoms with van der Waals surface area (Å²) in [7, 11) is 0. The molecule has 2 aromatic rings. The average molecular weight is 274 g/mol. The van der Waals surface area contributed by atoms with Crippen LogP contribution in [-0.2, 0) is 13.1 Å². The molecule has 3 nitrogen and oxygen atoms in total. The fourth-order valence-corrected chi connectivity index (χ4v) is 2.77. The number of hydrogen-bond donors (Lipinski definition) is 1. The van der Waals surface area contributed by atoms with Crippen molar-refractivity contribution in [1.29, 1.82) is 0 Å². The maximum atomic E-state index is 6.23. The van der Waals surface area contributed by atoms with E-state index in [1.54, 1.807) is 6.20 Å². The number of nitrogens with two attached hydrogens (primary N) is 1. The van der Waals surface area contributed by atoms with Crippen LogP contribution in [0.2, 0.25) is 5.02 Å². The van der Waals surface area contributed by atoms with Crippen LogP contribution in [-0.4, -0.2) is 16.4 Å². The number of rotatable bonds is 2. The van der Waals surface area contributed by atoms with E-state index in [4.69, 9.17) is 17.3 Å². The van der Waals surface area contributed by atoms with Crippen molar-refractivity contribution in [3.63, 3.8) is 0 Å². The summed E-state index contributed by atoms with van der Waals surface area (Å²) in [5.41, 5.74) is 9.70. The van der Waals surface area contributed by atoms with Crippen LogP contribution in [0.3, 0.4) is 0 Å². The van der Waals surface area contributed by atoms with Gasteiger partial charge in [-0.2, -0.15) is 0 Å². The summed E-state index contributed by atoms with van der Waals surface area (Å²) in [4.78, 5) is 6.63. The van der Waals surface area contributed by atoms with E-state index < -0.39 is 0 Å². The molecule has 2 N–H and O–H groups in total. The van der Waals surface area contributed by atoms with Crippen LogP contribution < -0.4 is 5.73 Å². The lowest BCUT2D eigenvalue weighted by atomic mass is 9.96. The molecular weight excluding hydrogens is 258 g/mol. The van der Waals surface area contributed by atoms with Gasteiger partial charge in [-0.3, -0.25) is 9.88 Å². The predicted octanol–water partition coefficient (Wildman–Crippen LogP) is 2.75. The van der Waals surface area contributed by atoms with Gasteiger partial charge in [-0.15, -0.1) is 0 Å². The number of hydrogen-bond acceptors (Lipinski definition) is 3. The fraction of sp³-hybridized carbons (Fsp3) is 0.267. The predicted molar refractivity (Wildman–Crippen MR) is 76.7 cm³/mol. The quantitative estimate of drug-likeness (QED) is 0.915. The first-order valence-electron chi connectivity index (χ1n) is 6.39. The van der Waals surface area contributed by atoms with Crippen molar-refractivity contribution < 1.29 is 0 Å². The second-order valence-electron chi connectivity index (χ2n) is 4.91. The van der Waals surface area contributed by atoms with Crippen molar-refractivity contribution in [2.75, 3.05) is 6.54 Å². The van der Waals surface area contributed by atoms with Crippen molar-refractivity contribution in [2.45, 2.75) is 19.1 Å². The third-order valence-electron chi connectivity index (χ3n) is 3.51. The number of pyridine rings is 1. The van der Waals surface area contributed by atoms with E-state index in [2.05, 4.69) is 28.1 Å². The van der Waals surface area contributed by atoms with Gasteiger partial charge in [0.1, 0.15) is 0 Å². The van der Waals surface area contributed by atoms with Crippen LogP contribution >= 0.6 is 11.6 Å². The molecule has 2 heterocycles. The Morgan fingerprint density at radius 3 is 2.95 bits per heavy atom. The summed E-state index contributed by atoms with van der Waals surface area (Å²) in [5.74, 6) is 0. The number of aromatic nitrogens is 1. The molecule has 1 aliphatic heterocycles. The molecule has 0 radical (unpaired) electrons. The van der Waals surface area contributed by atoms with E-state index in [1.165, 1.54) is 11.1 Å². The van der Waals surface area contributed by atoms with E-state index in [0.29, 0.717) is 0 Å². The van der Waals surface area contributed by atoms with Crippen LogP contribution in [0.5, 0.6) is 0 Å². The molecule has 4 heteroatoms. The molecule has 1 unspecified atom stereocenters. The van der Waals surface area contributed by atoms with Crippen molar-refractivity contribution >= 4 is 11.6 Å². The Bertz CT molecular complexity index is 585. The molecule has 1 aromatic heterocycles. The molecule has 1 aromatic carbocycles. The summed E-state index contributed by atoms with van der Waals surface area (Å²) in [6.07, 6.45) is 1.78. The van der Waals surface area contributed by atoms with Gasteiger partial charge in [0.05, 0.1) is 10.7 Å². The highest BCUT2D eigenvalue weighted by atomic mass is 35.5. The van der Waals surface area contributed by atoms with Gasteiger partial charge >= 0.3 is 0 Å². The van der Waals surface area contributed by atoms with Gasteiger partial charge in [0.25, 0.3) is 0 Å². The molecule has 1 aliphatic rings. The second-order valence-corrected chi connectivity index (χ2v) is 5.31. The summed E-state index contributed by atoms with van der Waals surface area (Å²) >= 11 is 6.16. The van der Waals surface area contributed by atoms with E-state index in [1.807, 2.05) is 18.2 Å². The lowest BCUT2D eigenvalue weighted by Gasteiger charge is -2.32. The van der Waals surface area contributed by atoms with Crippen LogP contribution in [0, 0.1) is 0 Å².